The van der Waals surface area contributed by atoms with E-state index in [9.17, 15) is 9.59 Å². The lowest BCUT2D eigenvalue weighted by atomic mass is 9.90. The van der Waals surface area contributed by atoms with Gasteiger partial charge in [-0.2, -0.15) is 0 Å². The summed E-state index contributed by atoms with van der Waals surface area (Å²) in [6, 6.07) is 7.48. The number of likely N-dealkylation sites (N-methyl/N-ethyl adjacent to an activating group) is 1. The molecule has 1 aliphatic heterocycles. The molecule has 0 saturated heterocycles. The van der Waals surface area contributed by atoms with Crippen molar-refractivity contribution in [3.05, 3.63) is 48.2 Å². The van der Waals surface area contributed by atoms with Crippen molar-refractivity contribution in [3.8, 4) is 0 Å². The summed E-state index contributed by atoms with van der Waals surface area (Å²) in [5, 5.41) is 0. The SMILES string of the molecule is CN(C(=O)C1(C)Cn2c(cc3occc32)C(=O)N1Cc1ccco1)C1CCCCC1. The van der Waals surface area contributed by atoms with Crippen molar-refractivity contribution < 1.29 is 18.4 Å². The second-order valence-corrected chi connectivity index (χ2v) is 8.74. The zero-order valence-electron chi connectivity index (χ0n) is 17.5. The topological polar surface area (TPSA) is 71.8 Å². The van der Waals surface area contributed by atoms with Crippen LogP contribution in [0, 0.1) is 0 Å². The monoisotopic (exact) mass is 409 g/mol. The van der Waals surface area contributed by atoms with Crippen molar-refractivity contribution in [3.63, 3.8) is 0 Å². The van der Waals surface area contributed by atoms with E-state index in [0.29, 0.717) is 23.6 Å². The molecule has 0 radical (unpaired) electrons. The Hall–Kier alpha value is -2.96. The number of amides is 2. The zero-order chi connectivity index (χ0) is 20.9. The summed E-state index contributed by atoms with van der Waals surface area (Å²) in [6.45, 7) is 2.51. The average Bonchev–Trinajstić information content (AvgIpc) is 3.49. The first-order valence-electron chi connectivity index (χ1n) is 10.7. The van der Waals surface area contributed by atoms with Crippen LogP contribution >= 0.6 is 0 Å². The molecule has 1 saturated carbocycles. The first kappa shape index (κ1) is 19.0. The summed E-state index contributed by atoms with van der Waals surface area (Å²) in [4.78, 5) is 31.0. The van der Waals surface area contributed by atoms with Crippen LogP contribution in [0.25, 0.3) is 11.1 Å². The Balaban J connectivity index is 1.56. The summed E-state index contributed by atoms with van der Waals surface area (Å²) in [7, 11) is 1.89. The second kappa shape index (κ2) is 7.07. The van der Waals surface area contributed by atoms with Gasteiger partial charge in [-0.3, -0.25) is 9.59 Å². The molecular formula is C23H27N3O4. The summed E-state index contributed by atoms with van der Waals surface area (Å²) in [6.07, 6.45) is 8.76. The molecule has 0 spiro atoms. The lowest BCUT2D eigenvalue weighted by Gasteiger charge is -2.46. The van der Waals surface area contributed by atoms with Crippen LogP contribution < -0.4 is 0 Å². The summed E-state index contributed by atoms with van der Waals surface area (Å²) < 4.78 is 13.0. The lowest BCUT2D eigenvalue weighted by Crippen LogP contribution is -2.64. The molecule has 30 heavy (non-hydrogen) atoms. The predicted molar refractivity (Wildman–Crippen MR) is 111 cm³/mol. The van der Waals surface area contributed by atoms with Gasteiger partial charge in [-0.15, -0.1) is 0 Å². The van der Waals surface area contributed by atoms with E-state index in [1.165, 1.54) is 6.42 Å². The highest BCUT2D eigenvalue weighted by atomic mass is 16.3. The first-order chi connectivity index (χ1) is 14.5. The van der Waals surface area contributed by atoms with E-state index in [-0.39, 0.29) is 24.4 Å². The molecule has 0 aromatic carbocycles. The number of hydrogen-bond acceptors (Lipinski definition) is 4. The number of carbonyl (C=O) groups is 2. The minimum Gasteiger partial charge on any atom is -0.467 e. The minimum atomic E-state index is -1.02. The molecule has 2 amide bonds. The highest BCUT2D eigenvalue weighted by Crippen LogP contribution is 2.36. The van der Waals surface area contributed by atoms with E-state index in [2.05, 4.69) is 0 Å². The molecule has 5 rings (SSSR count). The van der Waals surface area contributed by atoms with Gasteiger partial charge in [-0.25, -0.2) is 0 Å². The summed E-state index contributed by atoms with van der Waals surface area (Å²) in [5.41, 5.74) is 1.03. The molecule has 0 N–H and O–H groups in total. The van der Waals surface area contributed by atoms with Crippen LogP contribution in [0.4, 0.5) is 0 Å². The van der Waals surface area contributed by atoms with Crippen LogP contribution in [-0.2, 0) is 17.9 Å². The van der Waals surface area contributed by atoms with E-state index in [0.717, 1.165) is 31.2 Å². The molecule has 1 aliphatic carbocycles. The quantitative estimate of drug-likeness (QED) is 0.652. The van der Waals surface area contributed by atoms with Gasteiger partial charge in [0.15, 0.2) is 5.58 Å². The molecule has 7 nitrogen and oxygen atoms in total. The third-order valence-electron chi connectivity index (χ3n) is 6.85. The molecule has 1 atom stereocenters. The van der Waals surface area contributed by atoms with Crippen LogP contribution in [0.3, 0.4) is 0 Å². The van der Waals surface area contributed by atoms with Crippen LogP contribution in [0.2, 0.25) is 0 Å². The van der Waals surface area contributed by atoms with Crippen molar-refractivity contribution in [2.45, 2.75) is 63.7 Å². The number of hydrogen-bond donors (Lipinski definition) is 0. The van der Waals surface area contributed by atoms with E-state index < -0.39 is 5.54 Å². The van der Waals surface area contributed by atoms with E-state index in [1.807, 2.05) is 35.6 Å². The molecule has 1 fully saturated rings. The highest BCUT2D eigenvalue weighted by molar-refractivity contribution is 6.02. The Kier molecular flexibility index (Phi) is 4.49. The number of fused-ring (bicyclic) bond motifs is 3. The third-order valence-corrected chi connectivity index (χ3v) is 6.85. The Bertz CT molecular complexity index is 1070. The number of rotatable bonds is 4. The van der Waals surface area contributed by atoms with E-state index >= 15 is 0 Å². The molecule has 7 heteroatoms. The third kappa shape index (κ3) is 2.87. The number of nitrogens with zero attached hydrogens (tertiary/aromatic N) is 3. The zero-order valence-corrected chi connectivity index (χ0v) is 17.5. The standard InChI is InChI=1S/C23H27N3O4/c1-23(22(28)24(2)16-7-4-3-5-8-16)15-25-18-10-12-30-20(18)13-19(25)21(27)26(23)14-17-9-6-11-29-17/h6,9-13,16H,3-5,7-8,14-15H2,1-2H3. The molecular weight excluding hydrogens is 382 g/mol. The lowest BCUT2D eigenvalue weighted by molar-refractivity contribution is -0.145. The molecule has 3 aromatic rings. The van der Waals surface area contributed by atoms with Crippen molar-refractivity contribution in [1.29, 1.82) is 0 Å². The largest absolute Gasteiger partial charge is 0.467 e. The predicted octanol–water partition coefficient (Wildman–Crippen LogP) is 4.03. The fourth-order valence-electron chi connectivity index (χ4n) is 5.08. The average molecular weight is 409 g/mol. The molecule has 1 unspecified atom stereocenters. The number of aromatic nitrogens is 1. The minimum absolute atomic E-state index is 0.0229. The van der Waals surface area contributed by atoms with Crippen molar-refractivity contribution in [2.75, 3.05) is 7.05 Å². The molecule has 2 aliphatic rings. The van der Waals surface area contributed by atoms with Gasteiger partial charge in [-0.1, -0.05) is 19.3 Å². The van der Waals surface area contributed by atoms with E-state index in [1.54, 1.807) is 29.6 Å². The molecule has 0 bridgehead atoms. The maximum absolute atomic E-state index is 13.9. The van der Waals surface area contributed by atoms with Gasteiger partial charge in [0.25, 0.3) is 5.91 Å². The summed E-state index contributed by atoms with van der Waals surface area (Å²) >= 11 is 0. The smallest absolute Gasteiger partial charge is 0.272 e. The highest BCUT2D eigenvalue weighted by Gasteiger charge is 2.50. The van der Waals surface area contributed by atoms with Gasteiger partial charge in [-0.05, 0) is 31.9 Å². The van der Waals surface area contributed by atoms with Crippen LogP contribution in [0.1, 0.15) is 55.3 Å². The Morgan fingerprint density at radius 2 is 2.00 bits per heavy atom. The summed E-state index contributed by atoms with van der Waals surface area (Å²) in [5.74, 6) is 0.452. The van der Waals surface area contributed by atoms with Gasteiger partial charge < -0.3 is 23.2 Å². The van der Waals surface area contributed by atoms with Crippen LogP contribution in [0.5, 0.6) is 0 Å². The molecule has 158 valence electrons. The molecule has 4 heterocycles. The van der Waals surface area contributed by atoms with Crippen molar-refractivity contribution in [1.82, 2.24) is 14.4 Å². The maximum Gasteiger partial charge on any atom is 0.272 e. The normalized spacial score (nSPS) is 22.5. The van der Waals surface area contributed by atoms with Gasteiger partial charge >= 0.3 is 0 Å². The van der Waals surface area contributed by atoms with Gasteiger partial charge in [0, 0.05) is 25.2 Å². The van der Waals surface area contributed by atoms with Gasteiger partial charge in [0.2, 0.25) is 5.91 Å². The fourth-order valence-corrected chi connectivity index (χ4v) is 5.08. The Morgan fingerprint density at radius 1 is 1.20 bits per heavy atom. The van der Waals surface area contributed by atoms with E-state index in [4.69, 9.17) is 8.83 Å². The second-order valence-electron chi connectivity index (χ2n) is 8.74. The Morgan fingerprint density at radius 3 is 2.73 bits per heavy atom. The van der Waals surface area contributed by atoms with Gasteiger partial charge in [0.1, 0.15) is 17.0 Å². The van der Waals surface area contributed by atoms with Crippen LogP contribution in [0.15, 0.2) is 45.6 Å². The number of furan rings is 2. The fraction of sp³-hybridized carbons (Fsp3) is 0.478. The van der Waals surface area contributed by atoms with Crippen molar-refractivity contribution >= 4 is 22.9 Å². The number of carbonyl (C=O) groups excluding carboxylic acids is 2. The molecule has 3 aromatic heterocycles. The van der Waals surface area contributed by atoms with Crippen LogP contribution in [-0.4, -0.2) is 44.8 Å². The van der Waals surface area contributed by atoms with Gasteiger partial charge in [0.05, 0.1) is 31.1 Å². The first-order valence-corrected chi connectivity index (χ1v) is 10.7. The maximum atomic E-state index is 13.9. The Labute approximate surface area is 175 Å². The van der Waals surface area contributed by atoms with Crippen molar-refractivity contribution in [2.24, 2.45) is 0 Å².